The molecule has 5 nitrogen and oxygen atoms in total. The zero-order chi connectivity index (χ0) is 15.4. The van der Waals surface area contributed by atoms with Gasteiger partial charge in [-0.3, -0.25) is 4.79 Å². The monoisotopic (exact) mass is 299 g/mol. The highest BCUT2D eigenvalue weighted by atomic mass is 16.5. The molecule has 0 bridgehead atoms. The number of aromatic nitrogens is 2. The van der Waals surface area contributed by atoms with Gasteiger partial charge in [0.25, 0.3) is 5.91 Å². The molecule has 1 N–H and O–H groups in total. The highest BCUT2D eigenvalue weighted by Crippen LogP contribution is 2.38. The lowest BCUT2D eigenvalue weighted by Crippen LogP contribution is -2.28. The molecule has 3 rings (SSSR count). The Hall–Kier alpha value is -2.30. The fourth-order valence-corrected chi connectivity index (χ4v) is 2.53. The molecule has 0 atom stereocenters. The molecule has 0 spiro atoms. The Bertz CT molecular complexity index is 647. The number of benzene rings is 1. The number of ether oxygens (including phenoxy) is 1. The molecule has 0 aliphatic heterocycles. The van der Waals surface area contributed by atoms with Gasteiger partial charge in [0, 0.05) is 31.4 Å². The molecule has 1 fully saturated rings. The van der Waals surface area contributed by atoms with Gasteiger partial charge in [-0.05, 0) is 31.9 Å². The van der Waals surface area contributed by atoms with E-state index >= 15 is 0 Å². The second kappa shape index (κ2) is 6.64. The number of rotatable bonds is 7. The van der Waals surface area contributed by atoms with Crippen LogP contribution in [0.15, 0.2) is 36.7 Å². The topological polar surface area (TPSA) is 56.1 Å². The number of carbonyl (C=O) groups is 1. The van der Waals surface area contributed by atoms with E-state index in [2.05, 4.69) is 14.9 Å². The Balaban J connectivity index is 1.57. The average molecular weight is 299 g/mol. The summed E-state index contributed by atoms with van der Waals surface area (Å²) in [7, 11) is 0. The Morgan fingerprint density at radius 2 is 2.23 bits per heavy atom. The number of imidazole rings is 1. The molecule has 0 saturated heterocycles. The first-order valence-corrected chi connectivity index (χ1v) is 7.80. The smallest absolute Gasteiger partial charge is 0.255 e. The summed E-state index contributed by atoms with van der Waals surface area (Å²) in [6.07, 6.45) is 6.27. The lowest BCUT2D eigenvalue weighted by Gasteiger charge is -2.11. The molecule has 0 radical (unpaired) electrons. The van der Waals surface area contributed by atoms with Crippen molar-refractivity contribution in [1.29, 1.82) is 0 Å². The molecular weight excluding hydrogens is 278 g/mol. The van der Waals surface area contributed by atoms with Gasteiger partial charge in [0.15, 0.2) is 0 Å². The SMILES string of the molecule is CCOc1ccccc1C(=O)NCCn1ccnc1C1CC1. The van der Waals surface area contributed by atoms with Crippen LogP contribution in [0.4, 0.5) is 0 Å². The molecule has 0 unspecified atom stereocenters. The normalized spacial score (nSPS) is 13.9. The zero-order valence-corrected chi connectivity index (χ0v) is 12.8. The summed E-state index contributed by atoms with van der Waals surface area (Å²) < 4.78 is 7.62. The second-order valence-electron chi connectivity index (χ2n) is 5.44. The van der Waals surface area contributed by atoms with Crippen molar-refractivity contribution in [3.05, 3.63) is 48.0 Å². The Morgan fingerprint density at radius 3 is 3.00 bits per heavy atom. The van der Waals surface area contributed by atoms with Crippen LogP contribution in [0.3, 0.4) is 0 Å². The molecule has 1 saturated carbocycles. The van der Waals surface area contributed by atoms with E-state index in [1.54, 1.807) is 6.07 Å². The third kappa shape index (κ3) is 3.30. The van der Waals surface area contributed by atoms with E-state index < -0.39 is 0 Å². The second-order valence-corrected chi connectivity index (χ2v) is 5.44. The van der Waals surface area contributed by atoms with Crippen LogP contribution in [-0.2, 0) is 6.54 Å². The maximum absolute atomic E-state index is 12.3. The zero-order valence-electron chi connectivity index (χ0n) is 12.8. The lowest BCUT2D eigenvalue weighted by molar-refractivity contribution is 0.0948. The minimum atomic E-state index is -0.0999. The number of hydrogen-bond acceptors (Lipinski definition) is 3. The van der Waals surface area contributed by atoms with E-state index in [0.29, 0.717) is 30.4 Å². The van der Waals surface area contributed by atoms with Gasteiger partial charge in [0.05, 0.1) is 12.2 Å². The molecule has 1 aliphatic carbocycles. The van der Waals surface area contributed by atoms with Crippen molar-refractivity contribution in [3.63, 3.8) is 0 Å². The lowest BCUT2D eigenvalue weighted by atomic mass is 10.2. The van der Waals surface area contributed by atoms with Gasteiger partial charge in [-0.15, -0.1) is 0 Å². The van der Waals surface area contributed by atoms with Gasteiger partial charge in [-0.1, -0.05) is 12.1 Å². The van der Waals surface area contributed by atoms with E-state index in [-0.39, 0.29) is 5.91 Å². The largest absolute Gasteiger partial charge is 0.493 e. The predicted molar refractivity (Wildman–Crippen MR) is 84.1 cm³/mol. The minimum Gasteiger partial charge on any atom is -0.493 e. The number of nitrogens with one attached hydrogen (secondary N) is 1. The highest BCUT2D eigenvalue weighted by molar-refractivity contribution is 5.96. The standard InChI is InChI=1S/C17H21N3O2/c1-2-22-15-6-4-3-5-14(15)17(21)19-10-12-20-11-9-18-16(20)13-7-8-13/h3-6,9,11,13H,2,7-8,10,12H2,1H3,(H,19,21). The van der Waals surface area contributed by atoms with Crippen molar-refractivity contribution in [2.45, 2.75) is 32.2 Å². The van der Waals surface area contributed by atoms with Gasteiger partial charge in [-0.2, -0.15) is 0 Å². The fraction of sp³-hybridized carbons (Fsp3) is 0.412. The van der Waals surface area contributed by atoms with Crippen molar-refractivity contribution in [3.8, 4) is 5.75 Å². The number of hydrogen-bond donors (Lipinski definition) is 1. The summed E-state index contributed by atoms with van der Waals surface area (Å²) in [6.45, 7) is 3.78. The molecule has 22 heavy (non-hydrogen) atoms. The quantitative estimate of drug-likeness (QED) is 0.855. The first-order valence-electron chi connectivity index (χ1n) is 7.80. The van der Waals surface area contributed by atoms with Crippen molar-refractivity contribution >= 4 is 5.91 Å². The third-order valence-corrected chi connectivity index (χ3v) is 3.76. The molecule has 1 aromatic carbocycles. The maximum atomic E-state index is 12.3. The predicted octanol–water partition coefficient (Wildman–Crippen LogP) is 2.59. The Labute approximate surface area is 130 Å². The van der Waals surface area contributed by atoms with Crippen LogP contribution in [0.25, 0.3) is 0 Å². The van der Waals surface area contributed by atoms with Gasteiger partial charge in [0.1, 0.15) is 11.6 Å². The summed E-state index contributed by atoms with van der Waals surface area (Å²) in [5.74, 6) is 2.29. The summed E-state index contributed by atoms with van der Waals surface area (Å²) in [4.78, 5) is 16.7. The highest BCUT2D eigenvalue weighted by Gasteiger charge is 2.27. The van der Waals surface area contributed by atoms with E-state index in [9.17, 15) is 4.79 Å². The number of carbonyl (C=O) groups excluding carboxylic acids is 1. The molecule has 1 amide bonds. The minimum absolute atomic E-state index is 0.0999. The van der Waals surface area contributed by atoms with Crippen LogP contribution in [0.2, 0.25) is 0 Å². The molecule has 2 aromatic rings. The van der Waals surface area contributed by atoms with Crippen molar-refractivity contribution < 1.29 is 9.53 Å². The summed E-state index contributed by atoms with van der Waals surface area (Å²) >= 11 is 0. The van der Waals surface area contributed by atoms with Gasteiger partial charge in [0.2, 0.25) is 0 Å². The van der Waals surface area contributed by atoms with E-state index in [0.717, 1.165) is 12.4 Å². The van der Waals surface area contributed by atoms with Crippen LogP contribution in [0, 0.1) is 0 Å². The first kappa shape index (κ1) is 14.6. The average Bonchev–Trinajstić information content (AvgIpc) is 3.27. The summed E-state index contributed by atoms with van der Waals surface area (Å²) in [6, 6.07) is 7.32. The number of para-hydroxylation sites is 1. The molecule has 5 heteroatoms. The molecule has 1 aromatic heterocycles. The fourth-order valence-electron chi connectivity index (χ4n) is 2.53. The van der Waals surface area contributed by atoms with Gasteiger partial charge in [-0.25, -0.2) is 4.98 Å². The number of amides is 1. The van der Waals surface area contributed by atoms with Gasteiger partial charge >= 0.3 is 0 Å². The maximum Gasteiger partial charge on any atom is 0.255 e. The van der Waals surface area contributed by atoms with Crippen molar-refractivity contribution in [2.24, 2.45) is 0 Å². The number of nitrogens with zero attached hydrogens (tertiary/aromatic N) is 2. The Kier molecular flexibility index (Phi) is 4.42. The molecular formula is C17H21N3O2. The first-order chi connectivity index (χ1) is 10.8. The van der Waals surface area contributed by atoms with Crippen LogP contribution < -0.4 is 10.1 Å². The van der Waals surface area contributed by atoms with Crippen LogP contribution in [0.5, 0.6) is 5.75 Å². The van der Waals surface area contributed by atoms with E-state index in [1.165, 1.54) is 12.8 Å². The van der Waals surface area contributed by atoms with E-state index in [1.807, 2.05) is 37.5 Å². The van der Waals surface area contributed by atoms with Gasteiger partial charge < -0.3 is 14.6 Å². The third-order valence-electron chi connectivity index (χ3n) is 3.76. The van der Waals surface area contributed by atoms with Crippen LogP contribution in [-0.4, -0.2) is 28.6 Å². The molecule has 1 aliphatic rings. The van der Waals surface area contributed by atoms with Crippen molar-refractivity contribution in [2.75, 3.05) is 13.2 Å². The molecule has 1 heterocycles. The van der Waals surface area contributed by atoms with Crippen molar-refractivity contribution in [1.82, 2.24) is 14.9 Å². The van der Waals surface area contributed by atoms with Crippen LogP contribution >= 0.6 is 0 Å². The summed E-state index contributed by atoms with van der Waals surface area (Å²) in [5, 5.41) is 2.96. The Morgan fingerprint density at radius 1 is 1.41 bits per heavy atom. The van der Waals surface area contributed by atoms with E-state index in [4.69, 9.17) is 4.74 Å². The summed E-state index contributed by atoms with van der Waals surface area (Å²) in [5.41, 5.74) is 0.581. The van der Waals surface area contributed by atoms with Crippen LogP contribution in [0.1, 0.15) is 41.9 Å². The molecule has 116 valence electrons.